The van der Waals surface area contributed by atoms with Gasteiger partial charge in [-0.25, -0.2) is 0 Å². The highest BCUT2D eigenvalue weighted by Gasteiger charge is 2.59. The average molecular weight is 384 g/mol. The zero-order valence-corrected chi connectivity index (χ0v) is 17.0. The summed E-state index contributed by atoms with van der Waals surface area (Å²) in [6.45, 7) is 5.99. The third-order valence-corrected chi connectivity index (χ3v) is 6.35. The van der Waals surface area contributed by atoms with E-state index in [9.17, 15) is 9.59 Å². The molecule has 0 N–H and O–H groups in total. The standard InChI is InChI=1S/C22H25NO3S/c1-15(2)23-19(24)14-22(21(25)26-4,20(23)17-8-6-5-7-9-17)27-18-12-10-16(3)11-13-18/h5-13,15,20H,14H2,1-4H3/t20-,22-/m1/s1. The first-order valence-corrected chi connectivity index (χ1v) is 9.91. The summed E-state index contributed by atoms with van der Waals surface area (Å²) < 4.78 is 4.20. The number of amides is 1. The van der Waals surface area contributed by atoms with Crippen LogP contribution in [0.15, 0.2) is 59.5 Å². The van der Waals surface area contributed by atoms with Crippen molar-refractivity contribution in [3.63, 3.8) is 0 Å². The predicted molar refractivity (Wildman–Crippen MR) is 108 cm³/mol. The highest BCUT2D eigenvalue weighted by atomic mass is 32.2. The van der Waals surface area contributed by atoms with Crippen molar-refractivity contribution in [2.75, 3.05) is 7.11 Å². The van der Waals surface area contributed by atoms with E-state index in [0.29, 0.717) is 0 Å². The number of thioether (sulfide) groups is 1. The molecule has 2 aromatic carbocycles. The molecule has 3 rings (SSSR count). The smallest absolute Gasteiger partial charge is 0.325 e. The summed E-state index contributed by atoms with van der Waals surface area (Å²) in [5, 5.41) is 0. The van der Waals surface area contributed by atoms with Crippen molar-refractivity contribution < 1.29 is 14.3 Å². The largest absolute Gasteiger partial charge is 0.468 e. The number of hydrogen-bond donors (Lipinski definition) is 0. The first-order chi connectivity index (χ1) is 12.9. The van der Waals surface area contributed by atoms with Crippen LogP contribution in [0.25, 0.3) is 0 Å². The van der Waals surface area contributed by atoms with Crippen LogP contribution in [-0.4, -0.2) is 34.7 Å². The molecule has 5 heteroatoms. The van der Waals surface area contributed by atoms with Crippen molar-refractivity contribution >= 4 is 23.6 Å². The molecule has 142 valence electrons. The van der Waals surface area contributed by atoms with Crippen LogP contribution in [-0.2, 0) is 14.3 Å². The summed E-state index contributed by atoms with van der Waals surface area (Å²) >= 11 is 1.43. The molecule has 2 atom stereocenters. The fraction of sp³-hybridized carbons (Fsp3) is 0.364. The molecular formula is C22H25NO3S. The molecule has 0 aromatic heterocycles. The zero-order valence-electron chi connectivity index (χ0n) is 16.1. The maximum absolute atomic E-state index is 13.1. The quantitative estimate of drug-likeness (QED) is 0.719. The van der Waals surface area contributed by atoms with Crippen molar-refractivity contribution in [3.05, 3.63) is 65.7 Å². The van der Waals surface area contributed by atoms with Gasteiger partial charge in [0, 0.05) is 10.9 Å². The number of methoxy groups -OCH3 is 1. The first kappa shape index (κ1) is 19.5. The second kappa shape index (κ2) is 7.77. The number of benzene rings is 2. The second-order valence-electron chi connectivity index (χ2n) is 7.18. The number of esters is 1. The highest BCUT2D eigenvalue weighted by molar-refractivity contribution is 8.01. The van der Waals surface area contributed by atoms with Gasteiger partial charge in [0.1, 0.15) is 0 Å². The van der Waals surface area contributed by atoms with Gasteiger partial charge in [-0.1, -0.05) is 48.0 Å². The van der Waals surface area contributed by atoms with Gasteiger partial charge < -0.3 is 9.64 Å². The van der Waals surface area contributed by atoms with Crippen molar-refractivity contribution in [3.8, 4) is 0 Å². The molecule has 27 heavy (non-hydrogen) atoms. The van der Waals surface area contributed by atoms with Crippen LogP contribution in [0.5, 0.6) is 0 Å². The second-order valence-corrected chi connectivity index (χ2v) is 8.58. The Morgan fingerprint density at radius 1 is 1.15 bits per heavy atom. The van der Waals surface area contributed by atoms with Gasteiger partial charge in [-0.2, -0.15) is 0 Å². The third kappa shape index (κ3) is 3.61. The van der Waals surface area contributed by atoms with Gasteiger partial charge in [0.25, 0.3) is 0 Å². The Labute approximate surface area is 164 Å². The lowest BCUT2D eigenvalue weighted by atomic mass is 9.92. The molecule has 1 fully saturated rings. The number of hydrogen-bond acceptors (Lipinski definition) is 4. The molecule has 1 amide bonds. The molecule has 0 spiro atoms. The monoisotopic (exact) mass is 383 g/mol. The lowest BCUT2D eigenvalue weighted by Crippen LogP contribution is -2.44. The van der Waals surface area contributed by atoms with Crippen molar-refractivity contribution in [2.24, 2.45) is 0 Å². The summed E-state index contributed by atoms with van der Waals surface area (Å²) in [6, 6.07) is 17.4. The molecule has 1 heterocycles. The van der Waals surface area contributed by atoms with Crippen molar-refractivity contribution in [2.45, 2.75) is 48.9 Å². The third-order valence-electron chi connectivity index (χ3n) is 4.95. The van der Waals surface area contributed by atoms with E-state index in [1.54, 1.807) is 0 Å². The Morgan fingerprint density at radius 3 is 2.33 bits per heavy atom. The minimum absolute atomic E-state index is 0.0205. The van der Waals surface area contributed by atoms with Gasteiger partial charge >= 0.3 is 5.97 Å². The average Bonchev–Trinajstić information content (AvgIpc) is 2.96. The van der Waals surface area contributed by atoms with E-state index >= 15 is 0 Å². The number of ether oxygens (including phenoxy) is 1. The minimum Gasteiger partial charge on any atom is -0.468 e. The van der Waals surface area contributed by atoms with Crippen LogP contribution in [0.2, 0.25) is 0 Å². The van der Waals surface area contributed by atoms with E-state index in [2.05, 4.69) is 0 Å². The molecule has 2 aromatic rings. The molecule has 1 saturated heterocycles. The zero-order chi connectivity index (χ0) is 19.6. The highest BCUT2D eigenvalue weighted by Crippen LogP contribution is 2.53. The Kier molecular flexibility index (Phi) is 5.61. The molecular weight excluding hydrogens is 358 g/mol. The Hall–Kier alpha value is -2.27. The molecule has 1 aliphatic heterocycles. The lowest BCUT2D eigenvalue weighted by molar-refractivity contribution is -0.144. The van der Waals surface area contributed by atoms with Crippen LogP contribution in [0.3, 0.4) is 0 Å². The molecule has 0 unspecified atom stereocenters. The Morgan fingerprint density at radius 2 is 1.78 bits per heavy atom. The normalized spacial score (nSPS) is 22.3. The fourth-order valence-corrected chi connectivity index (χ4v) is 5.16. The van der Waals surface area contributed by atoms with E-state index in [0.717, 1.165) is 16.0 Å². The van der Waals surface area contributed by atoms with E-state index in [1.807, 2.05) is 80.3 Å². The summed E-state index contributed by atoms with van der Waals surface area (Å²) in [5.74, 6) is -0.387. The number of nitrogens with zero attached hydrogens (tertiary/aromatic N) is 1. The molecule has 0 radical (unpaired) electrons. The molecule has 0 bridgehead atoms. The van der Waals surface area contributed by atoms with Gasteiger partial charge in [-0.05, 0) is 38.5 Å². The van der Waals surface area contributed by atoms with E-state index < -0.39 is 4.75 Å². The van der Waals surface area contributed by atoms with Crippen LogP contribution < -0.4 is 0 Å². The van der Waals surface area contributed by atoms with Crippen LogP contribution in [0.1, 0.15) is 37.4 Å². The van der Waals surface area contributed by atoms with Crippen LogP contribution in [0.4, 0.5) is 0 Å². The Bertz CT molecular complexity index is 819. The minimum atomic E-state index is -1.02. The summed E-state index contributed by atoms with van der Waals surface area (Å²) in [6.07, 6.45) is 0.121. The van der Waals surface area contributed by atoms with E-state index in [-0.39, 0.29) is 30.4 Å². The maximum Gasteiger partial charge on any atom is 0.325 e. The number of carbonyl (C=O) groups is 2. The van der Waals surface area contributed by atoms with Gasteiger partial charge in [0.15, 0.2) is 4.75 Å². The van der Waals surface area contributed by atoms with Crippen LogP contribution in [0, 0.1) is 6.92 Å². The SMILES string of the molecule is COC(=O)[C@@]1(Sc2ccc(C)cc2)CC(=O)N(C(C)C)[C@@H]1c1ccccc1. The number of carbonyl (C=O) groups excluding carboxylic acids is 2. The topological polar surface area (TPSA) is 46.6 Å². The molecule has 1 aliphatic rings. The number of rotatable bonds is 5. The first-order valence-electron chi connectivity index (χ1n) is 9.09. The molecule has 0 saturated carbocycles. The lowest BCUT2D eigenvalue weighted by Gasteiger charge is -2.37. The van der Waals surface area contributed by atoms with Gasteiger partial charge in [-0.3, -0.25) is 9.59 Å². The van der Waals surface area contributed by atoms with Crippen molar-refractivity contribution in [1.29, 1.82) is 0 Å². The van der Waals surface area contributed by atoms with Gasteiger partial charge in [-0.15, -0.1) is 11.8 Å². The molecule has 4 nitrogen and oxygen atoms in total. The van der Waals surface area contributed by atoms with Gasteiger partial charge in [0.05, 0.1) is 19.6 Å². The summed E-state index contributed by atoms with van der Waals surface area (Å²) in [4.78, 5) is 28.8. The number of aryl methyl sites for hydroxylation is 1. The Balaban J connectivity index is 2.15. The molecule has 0 aliphatic carbocycles. The van der Waals surface area contributed by atoms with Crippen LogP contribution >= 0.6 is 11.8 Å². The maximum atomic E-state index is 13.1. The van der Waals surface area contributed by atoms with Gasteiger partial charge in [0.2, 0.25) is 5.91 Å². The van der Waals surface area contributed by atoms with E-state index in [4.69, 9.17) is 4.74 Å². The van der Waals surface area contributed by atoms with E-state index in [1.165, 1.54) is 18.9 Å². The number of likely N-dealkylation sites (tertiary alicyclic amines) is 1. The van der Waals surface area contributed by atoms with Crippen molar-refractivity contribution in [1.82, 2.24) is 4.90 Å². The predicted octanol–water partition coefficient (Wildman–Crippen LogP) is 4.38. The summed E-state index contributed by atoms with van der Waals surface area (Å²) in [5.41, 5.74) is 2.10. The summed E-state index contributed by atoms with van der Waals surface area (Å²) in [7, 11) is 1.39. The fourth-order valence-electron chi connectivity index (χ4n) is 3.74.